The summed E-state index contributed by atoms with van der Waals surface area (Å²) in [6.07, 6.45) is 2.15. The van der Waals surface area contributed by atoms with Crippen LogP contribution in [0.25, 0.3) is 31.8 Å². The van der Waals surface area contributed by atoms with Crippen LogP contribution in [0.4, 0.5) is 14.9 Å². The van der Waals surface area contributed by atoms with Crippen LogP contribution in [0, 0.1) is 24.1 Å². The van der Waals surface area contributed by atoms with Crippen LogP contribution in [0.5, 0.6) is 11.6 Å². The molecule has 0 spiro atoms. The van der Waals surface area contributed by atoms with Gasteiger partial charge in [-0.3, -0.25) is 10.3 Å². The second kappa shape index (κ2) is 11.1. The van der Waals surface area contributed by atoms with Crippen molar-refractivity contribution in [3.05, 3.63) is 65.9 Å². The Morgan fingerprint density at radius 1 is 1.07 bits per heavy atom. The molecule has 2 aromatic carbocycles. The number of ether oxygens (including phenoxy) is 3. The maximum absolute atomic E-state index is 15.0. The van der Waals surface area contributed by atoms with Crippen LogP contribution >= 0.6 is 11.3 Å². The van der Waals surface area contributed by atoms with Gasteiger partial charge in [0.15, 0.2) is 11.6 Å². The molecule has 3 heterocycles. The predicted octanol–water partition coefficient (Wildman–Crippen LogP) is 6.03. The van der Waals surface area contributed by atoms with Crippen LogP contribution in [0.2, 0.25) is 0 Å². The first-order valence-electron chi connectivity index (χ1n) is 12.2. The first-order chi connectivity index (χ1) is 19.2. The topological polar surface area (TPSA) is 132 Å². The summed E-state index contributed by atoms with van der Waals surface area (Å²) in [5.74, 6) is -0.172. The second-order valence-corrected chi connectivity index (χ2v) is 10.0. The number of fused-ring (bicyclic) bond motifs is 2. The SMILES string of the molecule is COc1cnc2c(-c3nc4cc(F)c(O[C@@H](C)[C@@H](C)OC(=O)Nc5cncc(C#N)c5)cc4s3)cc(C)cc2n1. The minimum atomic E-state index is -0.756. The molecule has 0 radical (unpaired) electrons. The molecule has 0 aliphatic heterocycles. The average Bonchev–Trinajstić information content (AvgIpc) is 3.34. The zero-order valence-corrected chi connectivity index (χ0v) is 22.7. The Morgan fingerprint density at radius 3 is 2.67 bits per heavy atom. The molecule has 10 nitrogen and oxygen atoms in total. The van der Waals surface area contributed by atoms with E-state index in [4.69, 9.17) is 19.5 Å². The molecule has 1 N–H and O–H groups in total. The molecule has 5 aromatic rings. The average molecular weight is 559 g/mol. The molecule has 0 bridgehead atoms. The predicted molar refractivity (Wildman–Crippen MR) is 148 cm³/mol. The molecule has 3 aromatic heterocycles. The summed E-state index contributed by atoms with van der Waals surface area (Å²) in [5.41, 5.74) is 4.18. The number of amides is 1. The van der Waals surface area contributed by atoms with Crippen LogP contribution in [0.3, 0.4) is 0 Å². The first-order valence-corrected chi connectivity index (χ1v) is 13.0. The Hall–Kier alpha value is -4.89. The smallest absolute Gasteiger partial charge is 0.412 e. The van der Waals surface area contributed by atoms with E-state index < -0.39 is 24.1 Å². The number of nitrogens with one attached hydrogen (secondary N) is 1. The van der Waals surface area contributed by atoms with Gasteiger partial charge in [0, 0.05) is 23.9 Å². The Kier molecular flexibility index (Phi) is 7.39. The summed E-state index contributed by atoms with van der Waals surface area (Å²) >= 11 is 1.38. The fourth-order valence-electron chi connectivity index (χ4n) is 3.92. The van der Waals surface area contributed by atoms with Crippen molar-refractivity contribution in [2.45, 2.75) is 33.0 Å². The molecule has 0 aliphatic carbocycles. The Balaban J connectivity index is 1.34. The highest BCUT2D eigenvalue weighted by atomic mass is 32.1. The van der Waals surface area contributed by atoms with Crippen LogP contribution in [-0.4, -0.2) is 45.3 Å². The Labute approximate surface area is 232 Å². The molecule has 202 valence electrons. The molecule has 12 heteroatoms. The minimum Gasteiger partial charge on any atom is -0.484 e. The third kappa shape index (κ3) is 5.60. The van der Waals surface area contributed by atoms with E-state index in [0.29, 0.717) is 43.4 Å². The molecule has 0 aliphatic rings. The van der Waals surface area contributed by atoms with E-state index in [-0.39, 0.29) is 5.75 Å². The number of nitrogens with zero attached hydrogens (tertiary/aromatic N) is 5. The third-order valence-corrected chi connectivity index (χ3v) is 7.08. The maximum atomic E-state index is 15.0. The highest BCUT2D eigenvalue weighted by Crippen LogP contribution is 2.37. The van der Waals surface area contributed by atoms with E-state index in [1.54, 1.807) is 26.1 Å². The van der Waals surface area contributed by atoms with Gasteiger partial charge in [-0.1, -0.05) is 0 Å². The molecule has 0 unspecified atom stereocenters. The highest BCUT2D eigenvalue weighted by molar-refractivity contribution is 7.21. The summed E-state index contributed by atoms with van der Waals surface area (Å²) in [4.78, 5) is 29.8. The lowest BCUT2D eigenvalue weighted by atomic mass is 10.1. The standard InChI is InChI=1S/C28H23FN6O4S/c1-14-5-19(26-22(6-14)34-25(37-4)13-32-26)27-35-21-8-20(29)23(9-24(21)40-27)38-15(2)16(3)39-28(36)33-18-7-17(10-30)11-31-12-18/h5-9,11-13,15-16H,1-4H3,(H,33,36)/t15-,16+/m0/s1. The van der Waals surface area contributed by atoms with E-state index in [0.717, 1.165) is 11.1 Å². The normalized spacial score (nSPS) is 12.5. The number of pyridine rings is 1. The number of hydrogen-bond acceptors (Lipinski definition) is 10. The van der Waals surface area contributed by atoms with Crippen molar-refractivity contribution in [1.82, 2.24) is 19.9 Å². The molecule has 40 heavy (non-hydrogen) atoms. The van der Waals surface area contributed by atoms with Gasteiger partial charge in [-0.25, -0.2) is 24.1 Å². The van der Waals surface area contributed by atoms with Crippen LogP contribution < -0.4 is 14.8 Å². The van der Waals surface area contributed by atoms with Crippen molar-refractivity contribution in [2.75, 3.05) is 12.4 Å². The monoisotopic (exact) mass is 558 g/mol. The van der Waals surface area contributed by atoms with E-state index in [1.165, 1.54) is 43.0 Å². The molecule has 1 amide bonds. The van der Waals surface area contributed by atoms with E-state index in [1.807, 2.05) is 25.1 Å². The lowest BCUT2D eigenvalue weighted by molar-refractivity contribution is 0.0402. The van der Waals surface area contributed by atoms with E-state index in [2.05, 4.69) is 25.3 Å². The second-order valence-electron chi connectivity index (χ2n) is 8.99. The maximum Gasteiger partial charge on any atom is 0.412 e. The number of anilines is 1. The van der Waals surface area contributed by atoms with Gasteiger partial charge in [-0.15, -0.1) is 11.3 Å². The largest absolute Gasteiger partial charge is 0.484 e. The van der Waals surface area contributed by atoms with Crippen LogP contribution in [0.15, 0.2) is 48.9 Å². The number of aryl methyl sites for hydroxylation is 1. The van der Waals surface area contributed by atoms with Crippen molar-refractivity contribution >= 4 is 44.4 Å². The number of aromatic nitrogens is 4. The van der Waals surface area contributed by atoms with Crippen molar-refractivity contribution in [2.24, 2.45) is 0 Å². The molecule has 0 saturated carbocycles. The quantitative estimate of drug-likeness (QED) is 0.254. The van der Waals surface area contributed by atoms with E-state index >= 15 is 4.39 Å². The fourth-order valence-corrected chi connectivity index (χ4v) is 4.92. The lowest BCUT2D eigenvalue weighted by Crippen LogP contribution is -2.32. The van der Waals surface area contributed by atoms with Gasteiger partial charge in [0.2, 0.25) is 5.88 Å². The van der Waals surface area contributed by atoms with E-state index in [9.17, 15) is 4.79 Å². The number of benzene rings is 2. The lowest BCUT2D eigenvalue weighted by Gasteiger charge is -2.22. The van der Waals surface area contributed by atoms with Crippen molar-refractivity contribution in [3.8, 4) is 28.3 Å². The number of carbonyl (C=O) groups excluding carboxylic acids is 1. The van der Waals surface area contributed by atoms with Gasteiger partial charge in [0.1, 0.15) is 23.3 Å². The van der Waals surface area contributed by atoms with Crippen molar-refractivity contribution < 1.29 is 23.4 Å². The number of nitriles is 1. The van der Waals surface area contributed by atoms with Gasteiger partial charge < -0.3 is 14.2 Å². The zero-order valence-electron chi connectivity index (χ0n) is 21.9. The van der Waals surface area contributed by atoms with Gasteiger partial charge in [-0.05, 0) is 44.5 Å². The number of carbonyl (C=O) groups is 1. The molecule has 2 atom stereocenters. The van der Waals surface area contributed by atoms with Crippen molar-refractivity contribution in [1.29, 1.82) is 5.26 Å². The van der Waals surface area contributed by atoms with Crippen LogP contribution in [0.1, 0.15) is 25.0 Å². The number of hydrogen-bond donors (Lipinski definition) is 1. The Morgan fingerprint density at radius 2 is 1.90 bits per heavy atom. The molecule has 0 fully saturated rings. The number of methoxy groups -OCH3 is 1. The molecular weight excluding hydrogens is 535 g/mol. The van der Waals surface area contributed by atoms with Gasteiger partial charge in [-0.2, -0.15) is 5.26 Å². The molecule has 0 saturated heterocycles. The summed E-state index contributed by atoms with van der Waals surface area (Å²) in [6, 6.07) is 10.2. The zero-order chi connectivity index (χ0) is 28.4. The summed E-state index contributed by atoms with van der Waals surface area (Å²) in [7, 11) is 1.53. The summed E-state index contributed by atoms with van der Waals surface area (Å²) < 4.78 is 32.2. The van der Waals surface area contributed by atoms with Gasteiger partial charge in [0.25, 0.3) is 0 Å². The fraction of sp³-hybridized carbons (Fsp3) is 0.214. The van der Waals surface area contributed by atoms with Gasteiger partial charge >= 0.3 is 6.09 Å². The highest BCUT2D eigenvalue weighted by Gasteiger charge is 2.22. The molecular formula is C28H23FN6O4S. The number of halogens is 1. The van der Waals surface area contributed by atoms with Gasteiger partial charge in [0.05, 0.1) is 52.0 Å². The third-order valence-electron chi connectivity index (χ3n) is 6.03. The minimum absolute atomic E-state index is 0.00982. The van der Waals surface area contributed by atoms with Crippen LogP contribution in [-0.2, 0) is 4.74 Å². The first kappa shape index (κ1) is 26.7. The molecule has 5 rings (SSSR count). The summed E-state index contributed by atoms with van der Waals surface area (Å²) in [5, 5.41) is 12.2. The number of thiazole rings is 1. The number of rotatable bonds is 7. The van der Waals surface area contributed by atoms with Crippen molar-refractivity contribution in [3.63, 3.8) is 0 Å². The Bertz CT molecular complexity index is 1790. The summed E-state index contributed by atoms with van der Waals surface area (Å²) in [6.45, 7) is 5.26.